The Bertz CT molecular complexity index is 1800. The third-order valence-electron chi connectivity index (χ3n) is 5.51. The van der Waals surface area contributed by atoms with Gasteiger partial charge in [0.05, 0.1) is 10.6 Å². The quantitative estimate of drug-likeness (QED) is 0.264. The van der Waals surface area contributed by atoms with Crippen LogP contribution in [-0.2, 0) is 10.0 Å². The van der Waals surface area contributed by atoms with Crippen molar-refractivity contribution < 1.29 is 17.3 Å². The fraction of sp³-hybridized carbons (Fsp3) is 0.111. The summed E-state index contributed by atoms with van der Waals surface area (Å²) in [6.07, 6.45) is 0. The van der Waals surface area contributed by atoms with Crippen molar-refractivity contribution in [3.8, 4) is 0 Å². The molecule has 36 heavy (non-hydrogen) atoms. The van der Waals surface area contributed by atoms with Crippen LogP contribution in [0.3, 0.4) is 0 Å². The average molecular weight is 505 g/mol. The van der Waals surface area contributed by atoms with E-state index in [9.17, 15) is 18.0 Å². The number of anilines is 2. The molecule has 0 aliphatic carbocycles. The van der Waals surface area contributed by atoms with Gasteiger partial charge in [0.1, 0.15) is 11.2 Å². The summed E-state index contributed by atoms with van der Waals surface area (Å²) in [7, 11) is -3.69. The molecule has 5 rings (SSSR count). The maximum Gasteiger partial charge on any atom is 0.336 e. The van der Waals surface area contributed by atoms with Gasteiger partial charge >= 0.3 is 11.3 Å². The minimum absolute atomic E-state index is 0.175. The Kier molecular flexibility index (Phi) is 6.67. The monoisotopic (exact) mass is 504 g/mol. The van der Waals surface area contributed by atoms with Gasteiger partial charge in [0.25, 0.3) is 10.0 Å². The highest BCUT2D eigenvalue weighted by Gasteiger charge is 2.14. The van der Waals surface area contributed by atoms with Gasteiger partial charge in [-0.05, 0) is 68.3 Å². The number of aryl methyl sites for hydroxylation is 3. The Morgan fingerprint density at radius 1 is 0.694 bits per heavy atom. The van der Waals surface area contributed by atoms with Gasteiger partial charge in [-0.15, -0.1) is 0 Å². The van der Waals surface area contributed by atoms with Crippen molar-refractivity contribution >= 4 is 43.3 Å². The maximum absolute atomic E-state index is 12.4. The molecule has 8 nitrogen and oxygen atoms in total. The van der Waals surface area contributed by atoms with E-state index in [4.69, 9.17) is 14.6 Å². The summed E-state index contributed by atoms with van der Waals surface area (Å²) in [6, 6.07) is 19.6. The van der Waals surface area contributed by atoms with Crippen LogP contribution in [0.4, 0.5) is 11.4 Å². The summed E-state index contributed by atoms with van der Waals surface area (Å²) in [5.74, 6) is 0. The molecule has 0 spiro atoms. The molecule has 0 aliphatic heterocycles. The molecule has 0 aliphatic rings. The molecular weight excluding hydrogens is 480 g/mol. The Morgan fingerprint density at radius 2 is 1.22 bits per heavy atom. The molecule has 0 radical (unpaired) electrons. The van der Waals surface area contributed by atoms with Crippen LogP contribution in [0.15, 0.2) is 96.1 Å². The average Bonchev–Trinajstić information content (AvgIpc) is 2.78. The van der Waals surface area contributed by atoms with Crippen molar-refractivity contribution in [2.24, 2.45) is 0 Å². The molecule has 5 aromatic rings. The largest absolute Gasteiger partial charge is 0.423 e. The van der Waals surface area contributed by atoms with Crippen molar-refractivity contribution in [2.75, 3.05) is 10.5 Å². The van der Waals surface area contributed by atoms with Crippen molar-refractivity contribution in [1.29, 1.82) is 0 Å². The van der Waals surface area contributed by atoms with Crippen LogP contribution in [0.25, 0.3) is 21.9 Å². The van der Waals surface area contributed by atoms with Gasteiger partial charge in [0.15, 0.2) is 0 Å². The second-order valence-electron chi connectivity index (χ2n) is 8.38. The van der Waals surface area contributed by atoms with Gasteiger partial charge in [-0.1, -0.05) is 17.7 Å². The summed E-state index contributed by atoms with van der Waals surface area (Å²) >= 11 is 0. The fourth-order valence-electron chi connectivity index (χ4n) is 3.66. The summed E-state index contributed by atoms with van der Waals surface area (Å²) in [4.78, 5) is 22.6. The number of hydrogen-bond donors (Lipinski definition) is 2. The van der Waals surface area contributed by atoms with Gasteiger partial charge in [-0.25, -0.2) is 18.0 Å². The van der Waals surface area contributed by atoms with Crippen LogP contribution in [0.1, 0.15) is 16.7 Å². The number of sulfonamides is 1. The van der Waals surface area contributed by atoms with E-state index in [2.05, 4.69) is 4.72 Å². The first-order chi connectivity index (χ1) is 17.0. The number of rotatable bonds is 3. The lowest BCUT2D eigenvalue weighted by Gasteiger charge is -2.09. The van der Waals surface area contributed by atoms with Crippen molar-refractivity contribution in [3.63, 3.8) is 0 Å². The third-order valence-corrected chi connectivity index (χ3v) is 6.91. The summed E-state index contributed by atoms with van der Waals surface area (Å²) in [5, 5.41) is 1.69. The van der Waals surface area contributed by atoms with E-state index in [-0.39, 0.29) is 10.5 Å². The molecule has 2 aromatic heterocycles. The van der Waals surface area contributed by atoms with E-state index in [0.29, 0.717) is 22.5 Å². The molecule has 0 saturated carbocycles. The predicted molar refractivity (Wildman–Crippen MR) is 141 cm³/mol. The highest BCUT2D eigenvalue weighted by molar-refractivity contribution is 7.92. The van der Waals surface area contributed by atoms with Crippen LogP contribution >= 0.6 is 0 Å². The van der Waals surface area contributed by atoms with Crippen LogP contribution in [-0.4, -0.2) is 8.42 Å². The lowest BCUT2D eigenvalue weighted by Crippen LogP contribution is -2.13. The molecule has 0 amide bonds. The molecule has 9 heteroatoms. The molecule has 3 aromatic carbocycles. The Morgan fingerprint density at radius 3 is 1.81 bits per heavy atom. The van der Waals surface area contributed by atoms with Crippen LogP contribution in [0, 0.1) is 20.8 Å². The molecule has 0 fully saturated rings. The second-order valence-corrected chi connectivity index (χ2v) is 10.1. The molecule has 184 valence electrons. The van der Waals surface area contributed by atoms with Crippen molar-refractivity contribution in [3.05, 3.63) is 110 Å². The minimum atomic E-state index is -3.69. The first-order valence-electron chi connectivity index (χ1n) is 11.0. The van der Waals surface area contributed by atoms with Crippen molar-refractivity contribution in [1.82, 2.24) is 0 Å². The van der Waals surface area contributed by atoms with E-state index in [1.807, 2.05) is 19.9 Å². The molecule has 0 unspecified atom stereocenters. The zero-order valence-electron chi connectivity index (χ0n) is 19.9. The number of nitrogens with two attached hydrogens (primary N) is 1. The van der Waals surface area contributed by atoms with E-state index in [0.717, 1.165) is 27.5 Å². The molecule has 3 N–H and O–H groups in total. The molecule has 0 bridgehead atoms. The maximum atomic E-state index is 12.4. The molecular formula is C27H24N2O6S. The lowest BCUT2D eigenvalue weighted by atomic mass is 10.1. The van der Waals surface area contributed by atoms with Crippen LogP contribution in [0.5, 0.6) is 0 Å². The van der Waals surface area contributed by atoms with Gasteiger partial charge in [0, 0.05) is 40.7 Å². The van der Waals surface area contributed by atoms with Crippen molar-refractivity contribution in [2.45, 2.75) is 25.7 Å². The van der Waals surface area contributed by atoms with Gasteiger partial charge in [-0.3, -0.25) is 4.72 Å². The summed E-state index contributed by atoms with van der Waals surface area (Å²) in [6.45, 7) is 5.56. The van der Waals surface area contributed by atoms with Crippen LogP contribution < -0.4 is 21.7 Å². The SMILES string of the molecule is Cc1cc(=O)oc2cc(N)ccc12.Cc1ccc(S(=O)(=O)Nc2ccc3c(C)cc(=O)oc3c2)cc1. The van der Waals surface area contributed by atoms with Crippen LogP contribution in [0.2, 0.25) is 0 Å². The predicted octanol–water partition coefficient (Wildman–Crippen LogP) is 4.89. The van der Waals surface area contributed by atoms with Gasteiger partial charge in [0.2, 0.25) is 0 Å². The van der Waals surface area contributed by atoms with E-state index in [1.165, 1.54) is 18.2 Å². The third kappa shape index (κ3) is 5.47. The zero-order chi connectivity index (χ0) is 26.0. The summed E-state index contributed by atoms with van der Waals surface area (Å²) < 4.78 is 37.4. The first-order valence-corrected chi connectivity index (χ1v) is 12.4. The minimum Gasteiger partial charge on any atom is -0.423 e. The topological polar surface area (TPSA) is 133 Å². The van der Waals surface area contributed by atoms with E-state index in [1.54, 1.807) is 55.5 Å². The number of nitrogen functional groups attached to an aromatic ring is 1. The van der Waals surface area contributed by atoms with Gasteiger partial charge < -0.3 is 14.6 Å². The summed E-state index contributed by atoms with van der Waals surface area (Å²) in [5.41, 5.74) is 9.26. The lowest BCUT2D eigenvalue weighted by molar-refractivity contribution is 0.559. The Labute approximate surface area is 207 Å². The second kappa shape index (κ2) is 9.71. The standard InChI is InChI=1S/C17H15NO4S.C10H9NO2/c1-11-3-6-14(7-4-11)23(20,21)18-13-5-8-15-12(2)9-17(19)22-16(15)10-13;1-6-4-10(12)13-9-5-7(11)2-3-8(6)9/h3-10,18H,1-2H3;2-5H,11H2,1H3. The number of benzene rings is 3. The highest BCUT2D eigenvalue weighted by atomic mass is 32.2. The number of nitrogens with one attached hydrogen (secondary N) is 1. The van der Waals surface area contributed by atoms with E-state index < -0.39 is 15.6 Å². The Hall–Kier alpha value is -4.37. The van der Waals surface area contributed by atoms with E-state index >= 15 is 0 Å². The Balaban J connectivity index is 0.000000197. The highest BCUT2D eigenvalue weighted by Crippen LogP contribution is 2.23. The fourth-order valence-corrected chi connectivity index (χ4v) is 4.71. The zero-order valence-corrected chi connectivity index (χ0v) is 20.7. The molecule has 0 saturated heterocycles. The smallest absolute Gasteiger partial charge is 0.336 e. The molecule has 0 atom stereocenters. The first kappa shape index (κ1) is 24.7. The number of hydrogen-bond acceptors (Lipinski definition) is 7. The van der Waals surface area contributed by atoms with Gasteiger partial charge in [-0.2, -0.15) is 0 Å². The molecule has 2 heterocycles. The number of fused-ring (bicyclic) bond motifs is 2. The normalized spacial score (nSPS) is 11.2.